The highest BCUT2D eigenvalue weighted by Gasteiger charge is 2.14. The Morgan fingerprint density at radius 2 is 1.62 bits per heavy atom. The van der Waals surface area contributed by atoms with Crippen LogP contribution in [0.4, 0.5) is 0 Å². The summed E-state index contributed by atoms with van der Waals surface area (Å²) >= 11 is 0. The van der Waals surface area contributed by atoms with Crippen LogP contribution in [0, 0.1) is 13.8 Å². The number of hydrogen-bond acceptors (Lipinski definition) is 2. The largest absolute Gasteiger partial charge is 0.508 e. The Labute approximate surface area is 144 Å². The monoisotopic (exact) mass is 346 g/mol. The number of aromatic hydroxyl groups is 1. The Hall–Kier alpha value is -1.57. The molecule has 0 spiro atoms. The highest BCUT2D eigenvalue weighted by molar-refractivity contribution is 7.56. The van der Waals surface area contributed by atoms with E-state index >= 15 is 0 Å². The van der Waals surface area contributed by atoms with E-state index in [-0.39, 0.29) is 12.1 Å². The van der Waals surface area contributed by atoms with Crippen molar-refractivity contribution in [3.05, 3.63) is 63.7 Å². The van der Waals surface area contributed by atoms with Gasteiger partial charge in [0, 0.05) is 12.8 Å². The van der Waals surface area contributed by atoms with E-state index < -0.39 is 7.37 Å². The van der Waals surface area contributed by atoms with Crippen molar-refractivity contribution in [2.24, 2.45) is 0 Å². The number of aryl methyl sites for hydroxylation is 2. The van der Waals surface area contributed by atoms with Gasteiger partial charge in [-0.3, -0.25) is 4.57 Å². The molecule has 130 valence electrons. The van der Waals surface area contributed by atoms with Crippen LogP contribution in [0.25, 0.3) is 0 Å². The third-order valence-electron chi connectivity index (χ3n) is 4.33. The van der Waals surface area contributed by atoms with Gasteiger partial charge in [-0.05, 0) is 65.6 Å². The summed E-state index contributed by atoms with van der Waals surface area (Å²) < 4.78 is 11.6. The van der Waals surface area contributed by atoms with Crippen molar-refractivity contribution in [1.29, 1.82) is 0 Å². The first-order valence-corrected chi connectivity index (χ1v) is 10.6. The van der Waals surface area contributed by atoms with Gasteiger partial charge in [-0.1, -0.05) is 38.1 Å². The summed E-state index contributed by atoms with van der Waals surface area (Å²) in [7, 11) is -3.06. The van der Waals surface area contributed by atoms with Gasteiger partial charge in [-0.15, -0.1) is 0 Å². The fraction of sp³-hybridized carbons (Fsp3) is 0.400. The van der Waals surface area contributed by atoms with E-state index in [9.17, 15) is 14.6 Å². The van der Waals surface area contributed by atoms with Gasteiger partial charge in [0.05, 0.1) is 0 Å². The summed E-state index contributed by atoms with van der Waals surface area (Å²) in [5.41, 5.74) is 6.55. The topological polar surface area (TPSA) is 57.5 Å². The van der Waals surface area contributed by atoms with Gasteiger partial charge in [-0.25, -0.2) is 0 Å². The van der Waals surface area contributed by atoms with Crippen molar-refractivity contribution in [2.75, 3.05) is 6.66 Å². The molecule has 0 fully saturated rings. The van der Waals surface area contributed by atoms with E-state index in [1.165, 1.54) is 17.8 Å². The van der Waals surface area contributed by atoms with Crippen molar-refractivity contribution >= 4 is 7.37 Å². The standard InChI is InChI=1S/C20H27O3P/c1-13(2)18-10-16(6-7-20(18)21)11-19-14(3)8-17(9-15(19)4)12-24(5,22)23/h6-10,13,21H,11-12H2,1-5H3,(H,22,23). The SMILES string of the molecule is Cc1cc(CP(C)(=O)O)cc(C)c1Cc1ccc(O)c(C(C)C)c1. The molecule has 2 aromatic rings. The summed E-state index contributed by atoms with van der Waals surface area (Å²) in [4.78, 5) is 9.60. The molecule has 2 aromatic carbocycles. The summed E-state index contributed by atoms with van der Waals surface area (Å²) in [5, 5.41) is 9.97. The van der Waals surface area contributed by atoms with Gasteiger partial charge in [0.1, 0.15) is 5.75 Å². The minimum atomic E-state index is -3.06. The second kappa shape index (κ2) is 7.13. The number of phenols is 1. The molecule has 0 aliphatic rings. The molecule has 0 saturated carbocycles. The molecule has 24 heavy (non-hydrogen) atoms. The molecule has 0 aromatic heterocycles. The molecule has 2 rings (SSSR count). The molecule has 0 aliphatic carbocycles. The third kappa shape index (κ3) is 4.72. The molecule has 0 aliphatic heterocycles. The zero-order valence-corrected chi connectivity index (χ0v) is 16.0. The van der Waals surface area contributed by atoms with Crippen molar-refractivity contribution in [3.8, 4) is 5.75 Å². The molecular formula is C20H27O3P. The lowest BCUT2D eigenvalue weighted by Gasteiger charge is -2.15. The van der Waals surface area contributed by atoms with Gasteiger partial charge in [-0.2, -0.15) is 0 Å². The lowest BCUT2D eigenvalue weighted by Crippen LogP contribution is -2.00. The minimum absolute atomic E-state index is 0.214. The lowest BCUT2D eigenvalue weighted by atomic mass is 9.92. The van der Waals surface area contributed by atoms with E-state index in [2.05, 4.69) is 19.9 Å². The summed E-state index contributed by atoms with van der Waals surface area (Å²) in [6.45, 7) is 9.64. The first-order chi connectivity index (χ1) is 11.1. The summed E-state index contributed by atoms with van der Waals surface area (Å²) in [5.74, 6) is 0.622. The van der Waals surface area contributed by atoms with E-state index in [4.69, 9.17) is 0 Å². The van der Waals surface area contributed by atoms with Crippen LogP contribution in [0.5, 0.6) is 5.75 Å². The Morgan fingerprint density at radius 3 is 2.12 bits per heavy atom. The predicted molar refractivity (Wildman–Crippen MR) is 100 cm³/mol. The van der Waals surface area contributed by atoms with E-state index in [1.54, 1.807) is 6.07 Å². The molecule has 0 heterocycles. The normalized spacial score (nSPS) is 14.0. The van der Waals surface area contributed by atoms with Crippen molar-refractivity contribution in [1.82, 2.24) is 0 Å². The molecule has 2 N–H and O–H groups in total. The Morgan fingerprint density at radius 1 is 1.04 bits per heavy atom. The minimum Gasteiger partial charge on any atom is -0.508 e. The Balaban J connectivity index is 2.34. The maximum absolute atomic E-state index is 11.6. The van der Waals surface area contributed by atoms with Gasteiger partial charge in [0.15, 0.2) is 0 Å². The van der Waals surface area contributed by atoms with Gasteiger partial charge >= 0.3 is 0 Å². The zero-order chi connectivity index (χ0) is 18.1. The number of hydrogen-bond donors (Lipinski definition) is 2. The quantitative estimate of drug-likeness (QED) is 0.739. The van der Waals surface area contributed by atoms with Crippen LogP contribution < -0.4 is 0 Å². The van der Waals surface area contributed by atoms with Crippen molar-refractivity contribution in [3.63, 3.8) is 0 Å². The molecule has 1 atom stereocenters. The Kier molecular flexibility index (Phi) is 5.57. The molecular weight excluding hydrogens is 319 g/mol. The van der Waals surface area contributed by atoms with Gasteiger partial charge in [0.2, 0.25) is 7.37 Å². The number of phenolic OH excluding ortho intramolecular Hbond substituents is 1. The van der Waals surface area contributed by atoms with E-state index in [0.29, 0.717) is 5.75 Å². The van der Waals surface area contributed by atoms with Crippen molar-refractivity contribution in [2.45, 2.75) is 46.2 Å². The zero-order valence-electron chi connectivity index (χ0n) is 15.1. The van der Waals surface area contributed by atoms with Crippen molar-refractivity contribution < 1.29 is 14.6 Å². The van der Waals surface area contributed by atoms with Gasteiger partial charge in [0.25, 0.3) is 0 Å². The van der Waals surface area contributed by atoms with Crippen LogP contribution in [-0.2, 0) is 17.1 Å². The highest BCUT2D eigenvalue weighted by atomic mass is 31.2. The molecule has 0 radical (unpaired) electrons. The summed E-state index contributed by atoms with van der Waals surface area (Å²) in [6.07, 6.45) is 1.01. The Bertz CT molecular complexity index is 764. The second-order valence-corrected chi connectivity index (χ2v) is 9.56. The van der Waals surface area contributed by atoms with Crippen LogP contribution in [0.15, 0.2) is 30.3 Å². The number of benzene rings is 2. The first-order valence-electron chi connectivity index (χ1n) is 8.27. The molecule has 4 heteroatoms. The molecule has 0 bridgehead atoms. The molecule has 0 saturated heterocycles. The fourth-order valence-corrected chi connectivity index (χ4v) is 4.03. The fourth-order valence-electron chi connectivity index (χ4n) is 3.17. The maximum Gasteiger partial charge on any atom is 0.201 e. The molecule has 1 unspecified atom stereocenters. The smallest absolute Gasteiger partial charge is 0.201 e. The average Bonchev–Trinajstić information content (AvgIpc) is 2.42. The summed E-state index contributed by atoms with van der Waals surface area (Å²) in [6, 6.07) is 9.82. The highest BCUT2D eigenvalue weighted by Crippen LogP contribution is 2.40. The average molecular weight is 346 g/mol. The maximum atomic E-state index is 11.6. The predicted octanol–water partition coefficient (Wildman–Crippen LogP) is 5.12. The van der Waals surface area contributed by atoms with Crippen LogP contribution in [0.3, 0.4) is 0 Å². The number of rotatable bonds is 5. The van der Waals surface area contributed by atoms with Crippen LogP contribution in [0.2, 0.25) is 0 Å². The second-order valence-electron chi connectivity index (χ2n) is 7.14. The lowest BCUT2D eigenvalue weighted by molar-refractivity contribution is 0.464. The van der Waals surface area contributed by atoms with Crippen LogP contribution in [0.1, 0.15) is 53.1 Å². The van der Waals surface area contributed by atoms with Crippen LogP contribution >= 0.6 is 7.37 Å². The first kappa shape index (κ1) is 18.8. The van der Waals surface area contributed by atoms with Gasteiger partial charge < -0.3 is 10.00 Å². The molecule has 3 nitrogen and oxygen atoms in total. The van der Waals surface area contributed by atoms with Crippen LogP contribution in [-0.4, -0.2) is 16.7 Å². The van der Waals surface area contributed by atoms with E-state index in [1.807, 2.05) is 32.0 Å². The third-order valence-corrected chi connectivity index (χ3v) is 5.28. The molecule has 0 amide bonds. The van der Waals surface area contributed by atoms with E-state index in [0.717, 1.165) is 28.7 Å².